The minimum Gasteiger partial charge on any atom is -0.347 e. The van der Waals surface area contributed by atoms with Gasteiger partial charge in [0.25, 0.3) is 5.91 Å². The lowest BCUT2D eigenvalue weighted by Gasteiger charge is -2.40. The molecule has 1 aliphatic rings. The Hall–Kier alpha value is -2.15. The Bertz CT molecular complexity index is 662. The van der Waals surface area contributed by atoms with Gasteiger partial charge in [-0.15, -0.1) is 0 Å². The van der Waals surface area contributed by atoms with Crippen LogP contribution in [0.4, 0.5) is 0 Å². The number of nitrogens with zero attached hydrogens (tertiary/aromatic N) is 4. The van der Waals surface area contributed by atoms with Crippen molar-refractivity contribution in [3.63, 3.8) is 0 Å². The zero-order chi connectivity index (χ0) is 16.4. The fourth-order valence-electron chi connectivity index (χ4n) is 3.44. The molecule has 3 heterocycles. The number of aromatic amines is 2. The highest BCUT2D eigenvalue weighted by atomic mass is 16.2. The van der Waals surface area contributed by atoms with Crippen molar-refractivity contribution in [1.29, 1.82) is 0 Å². The van der Waals surface area contributed by atoms with Gasteiger partial charge in [-0.1, -0.05) is 6.92 Å². The second kappa shape index (κ2) is 6.16. The summed E-state index contributed by atoms with van der Waals surface area (Å²) in [6, 6.07) is 0. The maximum absolute atomic E-state index is 12.4. The summed E-state index contributed by atoms with van der Waals surface area (Å²) < 4.78 is 0. The molecule has 23 heavy (non-hydrogen) atoms. The minimum absolute atomic E-state index is 0.000617. The Morgan fingerprint density at radius 1 is 1.43 bits per heavy atom. The number of carbonyl (C=O) groups is 1. The summed E-state index contributed by atoms with van der Waals surface area (Å²) in [7, 11) is 3.54. The van der Waals surface area contributed by atoms with Crippen molar-refractivity contribution < 1.29 is 4.79 Å². The lowest BCUT2D eigenvalue weighted by molar-refractivity contribution is 0.0820. The van der Waals surface area contributed by atoms with E-state index in [1.54, 1.807) is 31.5 Å². The molecule has 1 fully saturated rings. The van der Waals surface area contributed by atoms with Crippen molar-refractivity contribution >= 4 is 5.91 Å². The molecule has 2 N–H and O–H groups in total. The van der Waals surface area contributed by atoms with Gasteiger partial charge >= 0.3 is 0 Å². The van der Waals surface area contributed by atoms with E-state index in [1.807, 2.05) is 6.20 Å². The number of nitrogens with one attached hydrogen (secondary N) is 2. The molecule has 0 bridgehead atoms. The van der Waals surface area contributed by atoms with E-state index in [4.69, 9.17) is 0 Å². The number of H-pyrrole nitrogens is 2. The Kier molecular flexibility index (Phi) is 4.21. The molecule has 1 atom stereocenters. The molecule has 7 nitrogen and oxygen atoms in total. The predicted octanol–water partition coefficient (Wildman–Crippen LogP) is 1.39. The fourth-order valence-corrected chi connectivity index (χ4v) is 3.44. The van der Waals surface area contributed by atoms with Gasteiger partial charge < -0.3 is 9.88 Å². The van der Waals surface area contributed by atoms with Crippen LogP contribution >= 0.6 is 0 Å². The molecule has 2 aromatic heterocycles. The van der Waals surface area contributed by atoms with E-state index in [9.17, 15) is 4.79 Å². The number of imidazole rings is 1. The number of rotatable bonds is 4. The Morgan fingerprint density at radius 2 is 2.26 bits per heavy atom. The molecular formula is C16H24N6O. The number of aromatic nitrogens is 4. The van der Waals surface area contributed by atoms with Gasteiger partial charge in [-0.2, -0.15) is 5.10 Å². The van der Waals surface area contributed by atoms with Crippen molar-refractivity contribution in [2.75, 3.05) is 27.2 Å². The van der Waals surface area contributed by atoms with E-state index >= 15 is 0 Å². The summed E-state index contributed by atoms with van der Waals surface area (Å²) in [5, 5.41) is 7.23. The van der Waals surface area contributed by atoms with Crippen molar-refractivity contribution in [1.82, 2.24) is 30.0 Å². The Morgan fingerprint density at radius 3 is 2.96 bits per heavy atom. The van der Waals surface area contributed by atoms with Gasteiger partial charge in [0.15, 0.2) is 0 Å². The highest BCUT2D eigenvalue weighted by Gasteiger charge is 2.37. The van der Waals surface area contributed by atoms with E-state index < -0.39 is 0 Å². The van der Waals surface area contributed by atoms with E-state index in [2.05, 4.69) is 32.0 Å². The smallest absolute Gasteiger partial charge is 0.256 e. The minimum atomic E-state index is -0.101. The van der Waals surface area contributed by atoms with Crippen LogP contribution in [0.1, 0.15) is 41.5 Å². The van der Waals surface area contributed by atoms with Gasteiger partial charge in [-0.25, -0.2) is 4.98 Å². The first kappa shape index (κ1) is 15.7. The summed E-state index contributed by atoms with van der Waals surface area (Å²) in [5.41, 5.74) is 2.64. The van der Waals surface area contributed by atoms with Crippen LogP contribution < -0.4 is 0 Å². The van der Waals surface area contributed by atoms with Crippen LogP contribution in [-0.2, 0) is 12.0 Å². The third-order valence-corrected chi connectivity index (χ3v) is 4.60. The van der Waals surface area contributed by atoms with Crippen molar-refractivity contribution in [2.45, 2.75) is 31.7 Å². The predicted molar refractivity (Wildman–Crippen MR) is 87.1 cm³/mol. The maximum Gasteiger partial charge on any atom is 0.256 e. The van der Waals surface area contributed by atoms with Gasteiger partial charge in [-0.3, -0.25) is 14.8 Å². The van der Waals surface area contributed by atoms with E-state index in [0.717, 1.165) is 43.9 Å². The largest absolute Gasteiger partial charge is 0.347 e. The average molecular weight is 316 g/mol. The van der Waals surface area contributed by atoms with Crippen LogP contribution in [0.5, 0.6) is 0 Å². The van der Waals surface area contributed by atoms with Crippen molar-refractivity contribution in [3.8, 4) is 0 Å². The molecule has 1 saturated heterocycles. The van der Waals surface area contributed by atoms with E-state index in [-0.39, 0.29) is 11.3 Å². The second-order valence-corrected chi connectivity index (χ2v) is 6.81. The van der Waals surface area contributed by atoms with Gasteiger partial charge in [0.1, 0.15) is 0 Å². The summed E-state index contributed by atoms with van der Waals surface area (Å²) in [6.45, 7) is 5.01. The third kappa shape index (κ3) is 3.14. The molecular weight excluding hydrogens is 292 g/mol. The molecule has 0 aromatic carbocycles. The third-order valence-electron chi connectivity index (χ3n) is 4.60. The van der Waals surface area contributed by atoms with Crippen LogP contribution in [0, 0.1) is 0 Å². The zero-order valence-electron chi connectivity index (χ0n) is 14.0. The molecule has 2 aromatic rings. The molecule has 0 aliphatic carbocycles. The Balaban J connectivity index is 1.81. The SMILES string of the molecule is CN(C)C(=O)c1cn[nH]c1C1(C)CCCN(Cc2cnc[nH]2)C1. The number of amides is 1. The quantitative estimate of drug-likeness (QED) is 0.893. The summed E-state index contributed by atoms with van der Waals surface area (Å²) in [6.07, 6.45) is 7.36. The lowest BCUT2D eigenvalue weighted by Crippen LogP contribution is -2.45. The van der Waals surface area contributed by atoms with E-state index in [1.165, 1.54) is 0 Å². The van der Waals surface area contributed by atoms with Gasteiger partial charge in [-0.05, 0) is 19.4 Å². The van der Waals surface area contributed by atoms with E-state index in [0.29, 0.717) is 5.56 Å². The molecule has 1 aliphatic heterocycles. The summed E-state index contributed by atoms with van der Waals surface area (Å²) in [4.78, 5) is 23.6. The van der Waals surface area contributed by atoms with Crippen LogP contribution in [0.3, 0.4) is 0 Å². The monoisotopic (exact) mass is 316 g/mol. The summed E-state index contributed by atoms with van der Waals surface area (Å²) in [5.74, 6) is 0.000617. The van der Waals surface area contributed by atoms with Crippen LogP contribution in [0.2, 0.25) is 0 Å². The van der Waals surface area contributed by atoms with Crippen LogP contribution in [0.15, 0.2) is 18.7 Å². The number of carbonyl (C=O) groups excluding carboxylic acids is 1. The zero-order valence-corrected chi connectivity index (χ0v) is 14.0. The molecule has 3 rings (SSSR count). The summed E-state index contributed by atoms with van der Waals surface area (Å²) >= 11 is 0. The molecule has 0 saturated carbocycles. The second-order valence-electron chi connectivity index (χ2n) is 6.81. The van der Waals surface area contributed by atoms with Gasteiger partial charge in [0, 0.05) is 44.5 Å². The highest BCUT2D eigenvalue weighted by Crippen LogP contribution is 2.35. The van der Waals surface area contributed by atoms with Gasteiger partial charge in [0.2, 0.25) is 0 Å². The fraction of sp³-hybridized carbons (Fsp3) is 0.562. The van der Waals surface area contributed by atoms with Crippen molar-refractivity contribution in [3.05, 3.63) is 35.7 Å². The molecule has 0 spiro atoms. The molecule has 1 unspecified atom stereocenters. The highest BCUT2D eigenvalue weighted by molar-refractivity contribution is 5.95. The number of likely N-dealkylation sites (tertiary alicyclic amines) is 1. The standard InChI is InChI=1S/C16H24N6O/c1-16(14-13(8-19-20-14)15(23)21(2)3)5-4-6-22(10-16)9-12-7-17-11-18-12/h7-8,11H,4-6,9-10H2,1-3H3,(H,17,18)(H,19,20). The first-order chi connectivity index (χ1) is 11.0. The topological polar surface area (TPSA) is 80.9 Å². The molecule has 7 heteroatoms. The average Bonchev–Trinajstić information content (AvgIpc) is 3.17. The molecule has 124 valence electrons. The first-order valence-electron chi connectivity index (χ1n) is 7.95. The van der Waals surface area contributed by atoms with Crippen LogP contribution in [0.25, 0.3) is 0 Å². The van der Waals surface area contributed by atoms with Gasteiger partial charge in [0.05, 0.1) is 23.8 Å². The normalized spacial score (nSPS) is 22.2. The number of hydrogen-bond acceptors (Lipinski definition) is 4. The molecule has 1 amide bonds. The molecule has 0 radical (unpaired) electrons. The number of hydrogen-bond donors (Lipinski definition) is 2. The maximum atomic E-state index is 12.4. The number of piperidine rings is 1. The lowest BCUT2D eigenvalue weighted by atomic mass is 9.77. The van der Waals surface area contributed by atoms with Crippen LogP contribution in [-0.4, -0.2) is 63.1 Å². The Labute approximate surface area is 136 Å². The van der Waals surface area contributed by atoms with Crippen molar-refractivity contribution in [2.24, 2.45) is 0 Å². The first-order valence-corrected chi connectivity index (χ1v) is 7.95.